The van der Waals surface area contributed by atoms with E-state index in [2.05, 4.69) is 37.5 Å². The van der Waals surface area contributed by atoms with Gasteiger partial charge in [0.1, 0.15) is 30.2 Å². The van der Waals surface area contributed by atoms with E-state index in [1.165, 1.54) is 12.7 Å². The zero-order chi connectivity index (χ0) is 20.8. The van der Waals surface area contributed by atoms with Crippen molar-refractivity contribution in [3.05, 3.63) is 40.0 Å². The van der Waals surface area contributed by atoms with Gasteiger partial charge >= 0.3 is 0 Å². The summed E-state index contributed by atoms with van der Waals surface area (Å²) in [5, 5.41) is 31.0. The van der Waals surface area contributed by atoms with Crippen molar-refractivity contribution in [1.29, 1.82) is 0 Å². The number of ether oxygens (including phenoxy) is 1. The van der Waals surface area contributed by atoms with Gasteiger partial charge in [0.05, 0.1) is 12.9 Å². The molecule has 154 valence electrons. The fourth-order valence-corrected chi connectivity index (χ4v) is 4.30. The maximum absolute atomic E-state index is 11.0. The summed E-state index contributed by atoms with van der Waals surface area (Å²) in [6.45, 7) is -0.441. The first-order valence-corrected chi connectivity index (χ1v) is 10.1. The lowest BCUT2D eigenvalue weighted by Crippen LogP contribution is -2.46. The summed E-state index contributed by atoms with van der Waals surface area (Å²) >= 11 is 2.16. The van der Waals surface area contributed by atoms with Crippen LogP contribution in [0.4, 0.5) is 11.5 Å². The number of nitrogens with two attached hydrogens (primary N) is 2. The van der Waals surface area contributed by atoms with Crippen molar-refractivity contribution in [2.75, 3.05) is 18.1 Å². The van der Waals surface area contributed by atoms with Gasteiger partial charge in [0.2, 0.25) is 0 Å². The predicted octanol–water partition coefficient (Wildman–Crippen LogP) is -0.00620. The molecule has 7 N–H and O–H groups in total. The molecule has 1 fully saturated rings. The number of aliphatic hydroxyl groups is 3. The molecule has 0 amide bonds. The summed E-state index contributed by atoms with van der Waals surface area (Å²) in [7, 11) is 0. The predicted molar refractivity (Wildman–Crippen MR) is 114 cm³/mol. The van der Waals surface area contributed by atoms with E-state index in [0.717, 1.165) is 9.13 Å². The Morgan fingerprint density at radius 2 is 2.00 bits per heavy atom. The quantitative estimate of drug-likeness (QED) is 0.234. The number of aryl methyl sites for hydroxylation is 1. The number of aliphatic hydroxyl groups excluding tert-OH is 3. The van der Waals surface area contributed by atoms with Crippen LogP contribution in [0.2, 0.25) is 0 Å². The summed E-state index contributed by atoms with van der Waals surface area (Å²) in [6, 6.07) is 5.68. The summed E-state index contributed by atoms with van der Waals surface area (Å²) in [5.74, 6) is 0.198. The average molecular weight is 512 g/mol. The standard InChI is InChI=1S/C18H21IN6O4/c19-10-5-9(1-2-11(10)20)3-4-18(15(28)14(27)12(6-26)29-18)25-8-24-13-16(21)22-7-23-17(13)25/h1-2,5,7-8,12,14-15,26-28H,3-4,6,20H2,(H2,21,22,23)/t12-,14-,15-,18-/m1/s1. The van der Waals surface area contributed by atoms with E-state index in [0.29, 0.717) is 23.3 Å². The molecule has 0 spiro atoms. The molecule has 11 heteroatoms. The van der Waals surface area contributed by atoms with Gasteiger partial charge in [-0.25, -0.2) is 15.0 Å². The van der Waals surface area contributed by atoms with E-state index < -0.39 is 30.6 Å². The molecule has 10 nitrogen and oxygen atoms in total. The minimum atomic E-state index is -1.39. The summed E-state index contributed by atoms with van der Waals surface area (Å²) in [4.78, 5) is 12.4. The number of nitrogen functional groups attached to an aromatic ring is 2. The van der Waals surface area contributed by atoms with E-state index in [-0.39, 0.29) is 12.2 Å². The van der Waals surface area contributed by atoms with Crippen LogP contribution in [0.5, 0.6) is 0 Å². The van der Waals surface area contributed by atoms with Crippen LogP contribution in [0.25, 0.3) is 11.2 Å². The molecule has 2 aromatic heterocycles. The Kier molecular flexibility index (Phi) is 5.33. The third-order valence-corrected chi connectivity index (χ3v) is 6.24. The van der Waals surface area contributed by atoms with Crippen LogP contribution in [0, 0.1) is 3.57 Å². The molecule has 3 aromatic rings. The Balaban J connectivity index is 1.77. The fourth-order valence-electron chi connectivity index (χ4n) is 3.72. The molecule has 1 aromatic carbocycles. The van der Waals surface area contributed by atoms with E-state index in [1.54, 1.807) is 4.57 Å². The second kappa shape index (κ2) is 7.65. The number of benzene rings is 1. The molecule has 0 unspecified atom stereocenters. The minimum Gasteiger partial charge on any atom is -0.398 e. The highest BCUT2D eigenvalue weighted by atomic mass is 127. The van der Waals surface area contributed by atoms with Crippen LogP contribution in [-0.4, -0.2) is 59.8 Å². The number of hydrogen-bond acceptors (Lipinski definition) is 9. The number of imidazole rings is 1. The van der Waals surface area contributed by atoms with Crippen molar-refractivity contribution in [2.24, 2.45) is 0 Å². The van der Waals surface area contributed by atoms with Crippen LogP contribution in [0.15, 0.2) is 30.9 Å². The van der Waals surface area contributed by atoms with Gasteiger partial charge in [-0.05, 0) is 46.7 Å². The largest absolute Gasteiger partial charge is 0.398 e. The van der Waals surface area contributed by atoms with Crippen LogP contribution in [0.1, 0.15) is 12.0 Å². The average Bonchev–Trinajstić information content (AvgIpc) is 3.25. The second-order valence-corrected chi connectivity index (χ2v) is 8.18. The van der Waals surface area contributed by atoms with E-state index in [9.17, 15) is 15.3 Å². The number of rotatable bonds is 5. The normalized spacial score (nSPS) is 27.0. The molecule has 0 aliphatic carbocycles. The van der Waals surface area contributed by atoms with Crippen molar-refractivity contribution < 1.29 is 20.1 Å². The van der Waals surface area contributed by atoms with Gasteiger partial charge < -0.3 is 31.5 Å². The van der Waals surface area contributed by atoms with Crippen molar-refractivity contribution in [1.82, 2.24) is 19.5 Å². The van der Waals surface area contributed by atoms with Crippen molar-refractivity contribution in [3.8, 4) is 0 Å². The van der Waals surface area contributed by atoms with Crippen LogP contribution >= 0.6 is 22.6 Å². The Morgan fingerprint density at radius 3 is 2.69 bits per heavy atom. The Morgan fingerprint density at radius 1 is 1.21 bits per heavy atom. The van der Waals surface area contributed by atoms with Crippen LogP contribution in [0.3, 0.4) is 0 Å². The topological polar surface area (TPSA) is 166 Å². The van der Waals surface area contributed by atoms with Gasteiger partial charge in [0.25, 0.3) is 0 Å². The lowest BCUT2D eigenvalue weighted by Gasteiger charge is -2.34. The SMILES string of the molecule is Nc1ccc(CC[C@@]2(n3cnc4c(N)ncnc43)O[C@H](CO)[C@@H](O)[C@H]2O)cc1I. The number of halogens is 1. The van der Waals surface area contributed by atoms with Crippen molar-refractivity contribution in [3.63, 3.8) is 0 Å². The maximum atomic E-state index is 11.0. The molecule has 0 radical (unpaired) electrons. The summed E-state index contributed by atoms with van der Waals surface area (Å²) < 4.78 is 8.52. The number of anilines is 2. The molecule has 0 bridgehead atoms. The Bertz CT molecular complexity index is 1050. The molecule has 4 atom stereocenters. The first-order chi connectivity index (χ1) is 13.9. The smallest absolute Gasteiger partial charge is 0.176 e. The zero-order valence-electron chi connectivity index (χ0n) is 15.3. The lowest BCUT2D eigenvalue weighted by atomic mass is 9.95. The number of aromatic nitrogens is 4. The Hall–Kier alpha value is -2.06. The van der Waals surface area contributed by atoms with E-state index in [4.69, 9.17) is 16.2 Å². The highest BCUT2D eigenvalue weighted by Crippen LogP contribution is 2.41. The Labute approximate surface area is 179 Å². The number of fused-ring (bicyclic) bond motifs is 1. The molecule has 0 saturated carbocycles. The first-order valence-electron chi connectivity index (χ1n) is 9.00. The molecule has 1 saturated heterocycles. The summed E-state index contributed by atoms with van der Waals surface area (Å²) in [5.41, 5.74) is 12.8. The van der Waals surface area contributed by atoms with Gasteiger partial charge in [-0.2, -0.15) is 0 Å². The molecule has 1 aliphatic rings. The van der Waals surface area contributed by atoms with Crippen LogP contribution < -0.4 is 11.5 Å². The number of hydrogen-bond donors (Lipinski definition) is 5. The van der Waals surface area contributed by atoms with Crippen molar-refractivity contribution >= 4 is 45.3 Å². The monoisotopic (exact) mass is 512 g/mol. The van der Waals surface area contributed by atoms with Gasteiger partial charge in [-0.15, -0.1) is 0 Å². The third kappa shape index (κ3) is 3.32. The maximum Gasteiger partial charge on any atom is 0.176 e. The van der Waals surface area contributed by atoms with E-state index in [1.807, 2.05) is 18.2 Å². The lowest BCUT2D eigenvalue weighted by molar-refractivity contribution is -0.150. The molecule has 1 aliphatic heterocycles. The van der Waals surface area contributed by atoms with Gasteiger partial charge in [0.15, 0.2) is 17.2 Å². The highest BCUT2D eigenvalue weighted by molar-refractivity contribution is 14.1. The minimum absolute atomic E-state index is 0.198. The number of nitrogens with zero attached hydrogens (tertiary/aromatic N) is 4. The zero-order valence-corrected chi connectivity index (χ0v) is 17.5. The fraction of sp³-hybridized carbons (Fsp3) is 0.389. The van der Waals surface area contributed by atoms with Gasteiger partial charge in [0, 0.05) is 15.7 Å². The molecule has 29 heavy (non-hydrogen) atoms. The molecule has 4 rings (SSSR count). The second-order valence-electron chi connectivity index (χ2n) is 7.02. The molecule has 3 heterocycles. The van der Waals surface area contributed by atoms with Gasteiger partial charge in [-0.3, -0.25) is 4.57 Å². The van der Waals surface area contributed by atoms with Crippen molar-refractivity contribution in [2.45, 2.75) is 36.9 Å². The molecular weight excluding hydrogens is 491 g/mol. The van der Waals surface area contributed by atoms with Gasteiger partial charge in [-0.1, -0.05) is 6.07 Å². The summed E-state index contributed by atoms with van der Waals surface area (Å²) in [6.07, 6.45) is 0.0124. The highest BCUT2D eigenvalue weighted by Gasteiger charge is 2.55. The molecular formula is C18H21IN6O4. The first kappa shape index (κ1) is 20.2. The van der Waals surface area contributed by atoms with Crippen LogP contribution in [-0.2, 0) is 16.9 Å². The van der Waals surface area contributed by atoms with E-state index >= 15 is 0 Å². The third-order valence-electron chi connectivity index (χ3n) is 5.31.